The molecule has 3 N–H and O–H groups in total. The van der Waals surface area contributed by atoms with E-state index in [9.17, 15) is 24.3 Å². The van der Waals surface area contributed by atoms with Gasteiger partial charge in [0.15, 0.2) is 0 Å². The highest BCUT2D eigenvalue weighted by atomic mass is 16.4. The van der Waals surface area contributed by atoms with E-state index in [-0.39, 0.29) is 12.5 Å². The molecule has 0 spiro atoms. The van der Waals surface area contributed by atoms with Gasteiger partial charge in [-0.2, -0.15) is 0 Å². The largest absolute Gasteiger partial charge is 0.480 e. The molecule has 1 aliphatic heterocycles. The predicted octanol–water partition coefficient (Wildman–Crippen LogP) is -0.0677. The number of piperazine rings is 1. The zero-order valence-electron chi connectivity index (χ0n) is 12.6. The average molecular weight is 299 g/mol. The van der Waals surface area contributed by atoms with E-state index in [0.717, 1.165) is 4.90 Å². The lowest BCUT2D eigenvalue weighted by atomic mass is 9.98. The number of aliphatic carboxylic acids is 1. The number of urea groups is 1. The molecule has 0 radical (unpaired) electrons. The van der Waals surface area contributed by atoms with Crippen molar-refractivity contribution in [2.24, 2.45) is 5.92 Å². The Hall–Kier alpha value is -2.12. The Labute approximate surface area is 122 Å². The molecule has 2 unspecified atom stereocenters. The van der Waals surface area contributed by atoms with Crippen LogP contribution in [0.2, 0.25) is 0 Å². The molecule has 0 aromatic carbocycles. The first-order chi connectivity index (χ1) is 9.61. The van der Waals surface area contributed by atoms with Crippen molar-refractivity contribution in [1.82, 2.24) is 15.5 Å². The van der Waals surface area contributed by atoms with Crippen molar-refractivity contribution in [2.45, 2.75) is 45.7 Å². The zero-order chi connectivity index (χ0) is 16.4. The van der Waals surface area contributed by atoms with Crippen molar-refractivity contribution in [1.29, 1.82) is 0 Å². The third kappa shape index (κ3) is 3.50. The van der Waals surface area contributed by atoms with Crippen LogP contribution >= 0.6 is 0 Å². The van der Waals surface area contributed by atoms with Crippen LogP contribution in [0.3, 0.4) is 0 Å². The van der Waals surface area contributed by atoms with Gasteiger partial charge in [-0.05, 0) is 19.8 Å². The van der Waals surface area contributed by atoms with Gasteiger partial charge in [-0.25, -0.2) is 9.59 Å². The molecule has 1 aliphatic rings. The molecule has 8 nitrogen and oxygen atoms in total. The first-order valence-electron chi connectivity index (χ1n) is 6.76. The van der Waals surface area contributed by atoms with Crippen LogP contribution in [0.5, 0.6) is 0 Å². The van der Waals surface area contributed by atoms with Crippen LogP contribution in [0.15, 0.2) is 0 Å². The lowest BCUT2D eigenvalue weighted by molar-refractivity contribution is -0.142. The zero-order valence-corrected chi connectivity index (χ0v) is 12.6. The summed E-state index contributed by atoms with van der Waals surface area (Å²) in [5.74, 6) is -2.61. The van der Waals surface area contributed by atoms with Crippen LogP contribution in [0.4, 0.5) is 4.79 Å². The topological polar surface area (TPSA) is 116 Å². The highest BCUT2D eigenvalue weighted by Crippen LogP contribution is 2.19. The first kappa shape index (κ1) is 16.9. The number of carboxylic acid groups (broad SMARTS) is 1. The quantitative estimate of drug-likeness (QED) is 0.629. The molecule has 0 aromatic rings. The van der Waals surface area contributed by atoms with E-state index < -0.39 is 35.4 Å². The fourth-order valence-electron chi connectivity index (χ4n) is 2.00. The van der Waals surface area contributed by atoms with E-state index in [1.807, 2.05) is 6.92 Å². The highest BCUT2D eigenvalue weighted by molar-refractivity contribution is 6.06. The second kappa shape index (κ2) is 6.11. The van der Waals surface area contributed by atoms with Gasteiger partial charge in [0.25, 0.3) is 5.91 Å². The molecular weight excluding hydrogens is 278 g/mol. The maximum Gasteiger partial charge on any atom is 0.326 e. The Bertz CT molecular complexity index is 474. The average Bonchev–Trinajstić information content (AvgIpc) is 2.38. The summed E-state index contributed by atoms with van der Waals surface area (Å²) in [7, 11) is 0. The Kier molecular flexibility index (Phi) is 4.93. The maximum absolute atomic E-state index is 12.3. The molecule has 1 rings (SSSR count). The fraction of sp³-hybridized carbons (Fsp3) is 0.692. The lowest BCUT2D eigenvalue weighted by Crippen LogP contribution is -2.68. The van der Waals surface area contributed by atoms with E-state index in [4.69, 9.17) is 0 Å². The Morgan fingerprint density at radius 1 is 1.43 bits per heavy atom. The number of hydrogen-bond donors (Lipinski definition) is 3. The third-order valence-electron chi connectivity index (χ3n) is 3.79. The van der Waals surface area contributed by atoms with Crippen molar-refractivity contribution in [2.75, 3.05) is 6.54 Å². The van der Waals surface area contributed by atoms with Crippen molar-refractivity contribution >= 4 is 23.8 Å². The van der Waals surface area contributed by atoms with Crippen LogP contribution in [0.25, 0.3) is 0 Å². The van der Waals surface area contributed by atoms with E-state index in [1.54, 1.807) is 6.92 Å². The number of carbonyl (C=O) groups is 4. The minimum Gasteiger partial charge on any atom is -0.480 e. The van der Waals surface area contributed by atoms with Gasteiger partial charge in [-0.1, -0.05) is 20.3 Å². The summed E-state index contributed by atoms with van der Waals surface area (Å²) in [5, 5.41) is 13.7. The Balaban J connectivity index is 2.93. The van der Waals surface area contributed by atoms with Crippen LogP contribution in [-0.4, -0.2) is 51.9 Å². The third-order valence-corrected chi connectivity index (χ3v) is 3.79. The van der Waals surface area contributed by atoms with E-state index in [1.165, 1.54) is 13.8 Å². The molecule has 0 saturated carbocycles. The van der Waals surface area contributed by atoms with Gasteiger partial charge in [-0.15, -0.1) is 0 Å². The number of nitrogens with zero attached hydrogens (tertiary/aromatic N) is 1. The fourth-order valence-corrected chi connectivity index (χ4v) is 2.00. The highest BCUT2D eigenvalue weighted by Gasteiger charge is 2.44. The summed E-state index contributed by atoms with van der Waals surface area (Å²) >= 11 is 0. The van der Waals surface area contributed by atoms with Gasteiger partial charge in [-0.3, -0.25) is 14.9 Å². The van der Waals surface area contributed by atoms with Gasteiger partial charge in [0.1, 0.15) is 18.1 Å². The summed E-state index contributed by atoms with van der Waals surface area (Å²) in [6.07, 6.45) is 0.570. The van der Waals surface area contributed by atoms with E-state index in [2.05, 4.69) is 10.6 Å². The van der Waals surface area contributed by atoms with Crippen molar-refractivity contribution in [3.8, 4) is 0 Å². The molecule has 4 amide bonds. The van der Waals surface area contributed by atoms with Crippen LogP contribution in [0, 0.1) is 5.92 Å². The number of carbonyl (C=O) groups excluding carboxylic acids is 3. The molecular formula is C13H21N3O5. The van der Waals surface area contributed by atoms with Gasteiger partial charge in [0, 0.05) is 0 Å². The molecule has 1 fully saturated rings. The summed E-state index contributed by atoms with van der Waals surface area (Å²) in [5.41, 5.74) is -1.23. The molecule has 21 heavy (non-hydrogen) atoms. The molecule has 118 valence electrons. The molecule has 0 aliphatic carbocycles. The van der Waals surface area contributed by atoms with Gasteiger partial charge < -0.3 is 15.3 Å². The Morgan fingerprint density at radius 3 is 2.48 bits per heavy atom. The maximum atomic E-state index is 12.3. The Morgan fingerprint density at radius 2 is 2.00 bits per heavy atom. The molecule has 8 heteroatoms. The number of carboxylic acids is 1. The summed E-state index contributed by atoms with van der Waals surface area (Å²) in [6.45, 7) is 6.21. The summed E-state index contributed by atoms with van der Waals surface area (Å²) in [6, 6.07) is -1.81. The minimum atomic E-state index is -1.23. The molecule has 2 atom stereocenters. The monoisotopic (exact) mass is 299 g/mol. The molecule has 0 bridgehead atoms. The standard InChI is InChI=1S/C13H21N3O5/c1-5-7(2)9(10(18)19)15-12(21)16-6-8(17)14-11(20)13(16,3)4/h7,9H,5-6H2,1-4H3,(H,15,21)(H,18,19)(H,14,17,20). The summed E-state index contributed by atoms with van der Waals surface area (Å²) in [4.78, 5) is 47.7. The van der Waals surface area contributed by atoms with Crippen molar-refractivity contribution in [3.05, 3.63) is 0 Å². The number of imide groups is 1. The molecule has 0 aromatic heterocycles. The van der Waals surface area contributed by atoms with Crippen molar-refractivity contribution < 1.29 is 24.3 Å². The number of rotatable bonds is 4. The second-order valence-electron chi connectivity index (χ2n) is 5.67. The minimum absolute atomic E-state index is 0.274. The second-order valence-corrected chi connectivity index (χ2v) is 5.67. The van der Waals surface area contributed by atoms with Gasteiger partial charge in [0.2, 0.25) is 5.91 Å². The van der Waals surface area contributed by atoms with Crippen LogP contribution in [-0.2, 0) is 14.4 Å². The molecule has 1 saturated heterocycles. The number of amides is 4. The SMILES string of the molecule is CCC(C)C(NC(=O)N1CC(=O)NC(=O)C1(C)C)C(=O)O. The lowest BCUT2D eigenvalue weighted by Gasteiger charge is -2.40. The van der Waals surface area contributed by atoms with Crippen LogP contribution in [0.1, 0.15) is 34.1 Å². The smallest absolute Gasteiger partial charge is 0.326 e. The number of hydrogen-bond acceptors (Lipinski definition) is 4. The van der Waals surface area contributed by atoms with E-state index >= 15 is 0 Å². The van der Waals surface area contributed by atoms with Gasteiger partial charge in [0.05, 0.1) is 0 Å². The predicted molar refractivity (Wildman–Crippen MR) is 73.3 cm³/mol. The van der Waals surface area contributed by atoms with E-state index in [0.29, 0.717) is 6.42 Å². The van der Waals surface area contributed by atoms with Gasteiger partial charge >= 0.3 is 12.0 Å². The van der Waals surface area contributed by atoms with Crippen molar-refractivity contribution in [3.63, 3.8) is 0 Å². The molecule has 1 heterocycles. The number of nitrogens with one attached hydrogen (secondary N) is 2. The van der Waals surface area contributed by atoms with Crippen LogP contribution < -0.4 is 10.6 Å². The normalized spacial score (nSPS) is 20.5. The summed E-state index contributed by atoms with van der Waals surface area (Å²) < 4.78 is 0. The first-order valence-corrected chi connectivity index (χ1v) is 6.76.